The maximum atomic E-state index is 12.7. The molecule has 0 bridgehead atoms. The van der Waals surface area contributed by atoms with E-state index in [-0.39, 0.29) is 23.4 Å². The van der Waals surface area contributed by atoms with E-state index in [1.54, 1.807) is 0 Å². The zero-order chi connectivity index (χ0) is 17.2. The molecule has 2 fully saturated rings. The van der Waals surface area contributed by atoms with Gasteiger partial charge in [0.15, 0.2) is 5.65 Å². The Morgan fingerprint density at radius 1 is 1.28 bits per heavy atom. The van der Waals surface area contributed by atoms with Crippen molar-refractivity contribution in [3.8, 4) is 0 Å². The van der Waals surface area contributed by atoms with Crippen molar-refractivity contribution in [2.45, 2.75) is 37.8 Å². The van der Waals surface area contributed by atoms with Crippen LogP contribution in [0.1, 0.15) is 31.7 Å². The first kappa shape index (κ1) is 16.2. The van der Waals surface area contributed by atoms with Gasteiger partial charge in [-0.15, -0.1) is 0 Å². The van der Waals surface area contributed by atoms with E-state index in [9.17, 15) is 9.59 Å². The predicted molar refractivity (Wildman–Crippen MR) is 91.0 cm³/mol. The van der Waals surface area contributed by atoms with Gasteiger partial charge in [-0.1, -0.05) is 12.8 Å². The highest BCUT2D eigenvalue weighted by atomic mass is 16.6. The number of rotatable bonds is 4. The summed E-state index contributed by atoms with van der Waals surface area (Å²) in [5.41, 5.74) is -0.471. The lowest BCUT2D eigenvalue weighted by Crippen LogP contribution is -2.37. The van der Waals surface area contributed by atoms with Gasteiger partial charge in [0.1, 0.15) is 5.39 Å². The van der Waals surface area contributed by atoms with Crippen LogP contribution in [0.25, 0.3) is 11.0 Å². The Kier molecular flexibility index (Phi) is 4.50. The molecule has 1 saturated carbocycles. The molecular weight excluding hydrogens is 326 g/mol. The maximum Gasteiger partial charge on any atom is 0.330 e. The summed E-state index contributed by atoms with van der Waals surface area (Å²) in [4.78, 5) is 36.2. The SMILES string of the molecule is O=c1[nH]c2nc(NC[C@@H]3COCCO3)ncc2c(=O)n1C1CCCC1. The standard InChI is InChI=1S/C16H21N5O4/c22-14-12-8-18-15(17-7-11-9-24-5-6-25-11)19-13(12)20-16(23)21(14)10-3-1-2-4-10/h8,10-11H,1-7,9H2,(H2,17,18,19,20,23)/t11-/m1/s1. The minimum absolute atomic E-state index is 0.0260. The molecule has 1 atom stereocenters. The molecule has 0 spiro atoms. The van der Waals surface area contributed by atoms with E-state index < -0.39 is 5.69 Å². The highest BCUT2D eigenvalue weighted by Crippen LogP contribution is 2.27. The number of nitrogens with zero attached hydrogens (tertiary/aromatic N) is 3. The van der Waals surface area contributed by atoms with E-state index in [0.29, 0.717) is 37.7 Å². The van der Waals surface area contributed by atoms with E-state index in [1.165, 1.54) is 10.8 Å². The van der Waals surface area contributed by atoms with Crippen LogP contribution in [-0.4, -0.2) is 52.0 Å². The second-order valence-corrected chi connectivity index (χ2v) is 6.45. The summed E-state index contributed by atoms with van der Waals surface area (Å²) >= 11 is 0. The molecule has 9 heteroatoms. The van der Waals surface area contributed by atoms with E-state index in [2.05, 4.69) is 20.3 Å². The fraction of sp³-hybridized carbons (Fsp3) is 0.625. The van der Waals surface area contributed by atoms with Crippen molar-refractivity contribution in [3.05, 3.63) is 27.0 Å². The lowest BCUT2D eigenvalue weighted by atomic mass is 10.2. The van der Waals surface area contributed by atoms with Gasteiger partial charge < -0.3 is 14.8 Å². The van der Waals surface area contributed by atoms with Crippen LogP contribution in [0.15, 0.2) is 15.8 Å². The van der Waals surface area contributed by atoms with Gasteiger partial charge in [-0.05, 0) is 12.8 Å². The van der Waals surface area contributed by atoms with Crippen LogP contribution in [0.5, 0.6) is 0 Å². The summed E-state index contributed by atoms with van der Waals surface area (Å²) in [7, 11) is 0. The summed E-state index contributed by atoms with van der Waals surface area (Å²) in [6, 6.07) is -0.0260. The van der Waals surface area contributed by atoms with Crippen LogP contribution in [0.3, 0.4) is 0 Å². The molecule has 2 aromatic heterocycles. The lowest BCUT2D eigenvalue weighted by Gasteiger charge is -2.23. The smallest absolute Gasteiger partial charge is 0.330 e. The molecular formula is C16H21N5O4. The first-order valence-electron chi connectivity index (χ1n) is 8.67. The molecule has 9 nitrogen and oxygen atoms in total. The average molecular weight is 347 g/mol. The van der Waals surface area contributed by atoms with Gasteiger partial charge >= 0.3 is 5.69 Å². The average Bonchev–Trinajstić information content (AvgIpc) is 3.15. The second kappa shape index (κ2) is 6.93. The fourth-order valence-electron chi connectivity index (χ4n) is 3.46. The number of fused-ring (bicyclic) bond motifs is 1. The third-order valence-electron chi connectivity index (χ3n) is 4.74. The molecule has 134 valence electrons. The number of hydrogen-bond acceptors (Lipinski definition) is 7. The van der Waals surface area contributed by atoms with Crippen LogP contribution in [0, 0.1) is 0 Å². The molecule has 0 aromatic carbocycles. The summed E-state index contributed by atoms with van der Waals surface area (Å²) < 4.78 is 12.2. The Morgan fingerprint density at radius 2 is 2.12 bits per heavy atom. The molecule has 3 heterocycles. The van der Waals surface area contributed by atoms with E-state index in [4.69, 9.17) is 9.47 Å². The van der Waals surface area contributed by atoms with Crippen LogP contribution in [0.2, 0.25) is 0 Å². The first-order valence-corrected chi connectivity index (χ1v) is 8.67. The quantitative estimate of drug-likeness (QED) is 0.824. The fourth-order valence-corrected chi connectivity index (χ4v) is 3.46. The van der Waals surface area contributed by atoms with Crippen molar-refractivity contribution in [2.75, 3.05) is 31.7 Å². The van der Waals surface area contributed by atoms with Gasteiger partial charge in [-0.2, -0.15) is 4.98 Å². The van der Waals surface area contributed by atoms with Crippen LogP contribution >= 0.6 is 0 Å². The lowest BCUT2D eigenvalue weighted by molar-refractivity contribution is -0.0819. The summed E-state index contributed by atoms with van der Waals surface area (Å²) in [6.07, 6.45) is 5.20. The maximum absolute atomic E-state index is 12.7. The zero-order valence-electron chi connectivity index (χ0n) is 13.9. The van der Waals surface area contributed by atoms with E-state index in [1.807, 2.05) is 0 Å². The Labute approximate surface area is 143 Å². The molecule has 0 radical (unpaired) electrons. The monoisotopic (exact) mass is 347 g/mol. The van der Waals surface area contributed by atoms with Gasteiger partial charge in [-0.25, -0.2) is 9.78 Å². The Bertz CT molecular complexity index is 865. The highest BCUT2D eigenvalue weighted by molar-refractivity contribution is 5.73. The van der Waals surface area contributed by atoms with Crippen molar-refractivity contribution in [1.29, 1.82) is 0 Å². The topological polar surface area (TPSA) is 111 Å². The Hall–Kier alpha value is -2.26. The van der Waals surface area contributed by atoms with Crippen molar-refractivity contribution in [1.82, 2.24) is 19.5 Å². The van der Waals surface area contributed by atoms with E-state index in [0.717, 1.165) is 25.7 Å². The molecule has 1 aliphatic carbocycles. The molecule has 1 aliphatic heterocycles. The molecule has 25 heavy (non-hydrogen) atoms. The second-order valence-electron chi connectivity index (χ2n) is 6.45. The molecule has 2 aliphatic rings. The van der Waals surface area contributed by atoms with Crippen molar-refractivity contribution in [2.24, 2.45) is 0 Å². The number of aromatic nitrogens is 4. The third kappa shape index (κ3) is 3.29. The zero-order valence-corrected chi connectivity index (χ0v) is 13.9. The van der Waals surface area contributed by atoms with Crippen LogP contribution < -0.4 is 16.6 Å². The third-order valence-corrected chi connectivity index (χ3v) is 4.74. The molecule has 1 saturated heterocycles. The minimum Gasteiger partial charge on any atom is -0.376 e. The van der Waals surface area contributed by atoms with Crippen LogP contribution in [-0.2, 0) is 9.47 Å². The summed E-state index contributed by atoms with van der Waals surface area (Å²) in [5, 5.41) is 3.39. The van der Waals surface area contributed by atoms with Crippen molar-refractivity contribution < 1.29 is 9.47 Å². The highest BCUT2D eigenvalue weighted by Gasteiger charge is 2.22. The summed E-state index contributed by atoms with van der Waals surface area (Å²) in [5.74, 6) is 0.343. The van der Waals surface area contributed by atoms with Gasteiger partial charge in [-0.3, -0.25) is 14.3 Å². The van der Waals surface area contributed by atoms with Crippen LogP contribution in [0.4, 0.5) is 5.95 Å². The molecule has 2 aromatic rings. The molecule has 0 unspecified atom stereocenters. The number of H-pyrrole nitrogens is 1. The normalized spacial score (nSPS) is 21.7. The first-order chi connectivity index (χ1) is 12.2. The van der Waals surface area contributed by atoms with Gasteiger partial charge in [0.05, 0.1) is 25.9 Å². The minimum atomic E-state index is -0.405. The van der Waals surface area contributed by atoms with Crippen molar-refractivity contribution >= 4 is 17.0 Å². The summed E-state index contributed by atoms with van der Waals surface area (Å²) in [6.45, 7) is 2.19. The van der Waals surface area contributed by atoms with Gasteiger partial charge in [0, 0.05) is 18.8 Å². The largest absolute Gasteiger partial charge is 0.376 e. The predicted octanol–water partition coefficient (Wildman–Crippen LogP) is 0.422. The number of ether oxygens (including phenoxy) is 2. The number of aromatic amines is 1. The number of anilines is 1. The molecule has 2 N–H and O–H groups in total. The van der Waals surface area contributed by atoms with Crippen molar-refractivity contribution in [3.63, 3.8) is 0 Å². The van der Waals surface area contributed by atoms with Gasteiger partial charge in [0.25, 0.3) is 5.56 Å². The Morgan fingerprint density at radius 3 is 2.88 bits per heavy atom. The number of hydrogen-bond donors (Lipinski definition) is 2. The van der Waals surface area contributed by atoms with E-state index >= 15 is 0 Å². The molecule has 4 rings (SSSR count). The molecule has 0 amide bonds. The van der Waals surface area contributed by atoms with Gasteiger partial charge in [0.2, 0.25) is 5.95 Å². The Balaban J connectivity index is 1.59. The number of nitrogens with one attached hydrogen (secondary N) is 2.